The van der Waals surface area contributed by atoms with Gasteiger partial charge in [0.15, 0.2) is 11.5 Å². The Balaban J connectivity index is 2.03. The van der Waals surface area contributed by atoms with Crippen LogP contribution in [0.1, 0.15) is 30.7 Å². The molecule has 1 saturated heterocycles. The zero-order valence-electron chi connectivity index (χ0n) is 14.0. The van der Waals surface area contributed by atoms with Gasteiger partial charge in [0, 0.05) is 19.8 Å². The summed E-state index contributed by atoms with van der Waals surface area (Å²) < 4.78 is 16.1. The molecule has 0 aliphatic carbocycles. The lowest BCUT2D eigenvalue weighted by Gasteiger charge is -2.24. The van der Waals surface area contributed by atoms with Gasteiger partial charge in [-0.15, -0.1) is 11.8 Å². The van der Waals surface area contributed by atoms with Crippen molar-refractivity contribution in [2.45, 2.75) is 25.1 Å². The first-order valence-electron chi connectivity index (χ1n) is 7.92. The Kier molecular flexibility index (Phi) is 7.05. The van der Waals surface area contributed by atoms with Crippen LogP contribution in [0.5, 0.6) is 11.5 Å². The third kappa shape index (κ3) is 4.54. The lowest BCUT2D eigenvalue weighted by atomic mass is 10.1. The van der Waals surface area contributed by atoms with E-state index in [9.17, 15) is 4.79 Å². The van der Waals surface area contributed by atoms with Gasteiger partial charge < -0.3 is 19.1 Å². The zero-order valence-corrected chi connectivity index (χ0v) is 14.9. The fourth-order valence-electron chi connectivity index (χ4n) is 2.56. The van der Waals surface area contributed by atoms with Crippen molar-refractivity contribution in [3.8, 4) is 11.5 Å². The molecule has 5 nitrogen and oxygen atoms in total. The highest BCUT2D eigenvalue weighted by Crippen LogP contribution is 2.41. The van der Waals surface area contributed by atoms with Gasteiger partial charge in [-0.3, -0.25) is 4.79 Å². The predicted molar refractivity (Wildman–Crippen MR) is 92.2 cm³/mol. The lowest BCUT2D eigenvalue weighted by molar-refractivity contribution is -0.128. The summed E-state index contributed by atoms with van der Waals surface area (Å²) in [5.41, 5.74) is 1.06. The third-order valence-electron chi connectivity index (χ3n) is 3.70. The molecule has 6 heteroatoms. The second-order valence-electron chi connectivity index (χ2n) is 5.33. The van der Waals surface area contributed by atoms with Crippen LogP contribution in [0.25, 0.3) is 0 Å². The molecule has 1 fully saturated rings. The van der Waals surface area contributed by atoms with E-state index < -0.39 is 0 Å². The Bertz CT molecular complexity index is 523. The van der Waals surface area contributed by atoms with Crippen LogP contribution in [0.15, 0.2) is 18.2 Å². The van der Waals surface area contributed by atoms with E-state index in [1.54, 1.807) is 26.0 Å². The number of amides is 1. The first-order chi connectivity index (χ1) is 11.2. The lowest BCUT2D eigenvalue weighted by Crippen LogP contribution is -2.30. The van der Waals surface area contributed by atoms with Crippen molar-refractivity contribution in [2.24, 2.45) is 0 Å². The topological polar surface area (TPSA) is 48.0 Å². The minimum absolute atomic E-state index is 0.0356. The van der Waals surface area contributed by atoms with E-state index in [0.29, 0.717) is 30.4 Å². The van der Waals surface area contributed by atoms with Crippen LogP contribution in [0.4, 0.5) is 0 Å². The summed E-state index contributed by atoms with van der Waals surface area (Å²) in [5, 5.41) is 0.0356. The Morgan fingerprint density at radius 2 is 2.00 bits per heavy atom. The number of carbonyl (C=O) groups is 1. The normalized spacial score (nSPS) is 17.6. The van der Waals surface area contributed by atoms with Gasteiger partial charge in [-0.1, -0.05) is 13.0 Å². The molecule has 1 aliphatic heterocycles. The Labute approximate surface area is 142 Å². The number of benzene rings is 1. The molecule has 1 heterocycles. The van der Waals surface area contributed by atoms with Crippen LogP contribution < -0.4 is 9.47 Å². The molecule has 128 valence electrons. The van der Waals surface area contributed by atoms with Crippen molar-refractivity contribution in [3.63, 3.8) is 0 Å². The van der Waals surface area contributed by atoms with Crippen LogP contribution >= 0.6 is 11.8 Å². The summed E-state index contributed by atoms with van der Waals surface area (Å²) in [6.45, 7) is 4.28. The number of hydrogen-bond donors (Lipinski definition) is 0. The second-order valence-corrected chi connectivity index (χ2v) is 6.40. The van der Waals surface area contributed by atoms with E-state index in [0.717, 1.165) is 25.0 Å². The van der Waals surface area contributed by atoms with Gasteiger partial charge >= 0.3 is 0 Å². The summed E-state index contributed by atoms with van der Waals surface area (Å²) >= 11 is 1.65. The van der Waals surface area contributed by atoms with Crippen molar-refractivity contribution >= 4 is 17.7 Å². The van der Waals surface area contributed by atoms with E-state index >= 15 is 0 Å². The first kappa shape index (κ1) is 17.9. The van der Waals surface area contributed by atoms with Gasteiger partial charge in [-0.25, -0.2) is 0 Å². The smallest absolute Gasteiger partial charge is 0.233 e. The van der Waals surface area contributed by atoms with E-state index in [1.165, 1.54) is 0 Å². The van der Waals surface area contributed by atoms with E-state index in [1.807, 2.05) is 23.1 Å². The van der Waals surface area contributed by atoms with Gasteiger partial charge in [-0.2, -0.15) is 0 Å². The van der Waals surface area contributed by atoms with Gasteiger partial charge in [0.25, 0.3) is 0 Å². The molecule has 1 aromatic carbocycles. The van der Waals surface area contributed by atoms with Crippen LogP contribution in [0.3, 0.4) is 0 Å². The second kappa shape index (κ2) is 9.03. The highest BCUT2D eigenvalue weighted by atomic mass is 32.2. The van der Waals surface area contributed by atoms with Crippen LogP contribution in [-0.2, 0) is 9.53 Å². The molecule has 1 unspecified atom stereocenters. The quantitative estimate of drug-likeness (QED) is 0.647. The molecule has 0 aromatic heterocycles. The minimum Gasteiger partial charge on any atom is -0.493 e. The zero-order chi connectivity index (χ0) is 16.7. The number of rotatable bonds is 9. The first-order valence-corrected chi connectivity index (χ1v) is 8.96. The number of thioether (sulfide) groups is 1. The van der Waals surface area contributed by atoms with Gasteiger partial charge in [0.1, 0.15) is 5.37 Å². The van der Waals surface area contributed by atoms with Crippen molar-refractivity contribution in [1.82, 2.24) is 4.90 Å². The highest BCUT2D eigenvalue weighted by Gasteiger charge is 2.32. The molecule has 1 aliphatic rings. The van der Waals surface area contributed by atoms with Gasteiger partial charge in [-0.05, 0) is 30.5 Å². The van der Waals surface area contributed by atoms with E-state index in [-0.39, 0.29) is 11.3 Å². The number of carbonyl (C=O) groups excluding carboxylic acids is 1. The Hall–Kier alpha value is -1.40. The molecule has 0 bridgehead atoms. The molecular weight excluding hydrogens is 314 g/mol. The fourth-order valence-corrected chi connectivity index (χ4v) is 3.77. The van der Waals surface area contributed by atoms with Crippen molar-refractivity contribution < 1.29 is 19.0 Å². The molecular formula is C17H25NO4S. The van der Waals surface area contributed by atoms with Gasteiger partial charge in [0.2, 0.25) is 5.91 Å². The third-order valence-corrected chi connectivity index (χ3v) is 4.95. The number of ether oxygens (including phenoxy) is 3. The van der Waals surface area contributed by atoms with E-state index in [4.69, 9.17) is 14.2 Å². The van der Waals surface area contributed by atoms with Crippen LogP contribution in [-0.4, -0.2) is 50.5 Å². The maximum atomic E-state index is 12.2. The molecule has 1 atom stereocenters. The summed E-state index contributed by atoms with van der Waals surface area (Å²) in [4.78, 5) is 14.1. The molecule has 0 spiro atoms. The molecule has 1 aromatic rings. The summed E-state index contributed by atoms with van der Waals surface area (Å²) in [7, 11) is 3.24. The maximum absolute atomic E-state index is 12.2. The standard InChI is InChI=1S/C17H25NO4S/c1-4-9-22-10-5-8-18-16(19)12-23-17(18)13-6-7-14(20-2)15(11-13)21-3/h6-7,11,17H,4-5,8-10,12H2,1-3H3. The summed E-state index contributed by atoms with van der Waals surface area (Å²) in [6.07, 6.45) is 1.88. The summed E-state index contributed by atoms with van der Waals surface area (Å²) in [6, 6.07) is 5.84. The monoisotopic (exact) mass is 339 g/mol. The SMILES string of the molecule is CCCOCCCN1C(=O)CSC1c1ccc(OC)c(OC)c1. The number of methoxy groups -OCH3 is 2. The maximum Gasteiger partial charge on any atom is 0.233 e. The largest absolute Gasteiger partial charge is 0.493 e. The Morgan fingerprint density at radius 3 is 2.70 bits per heavy atom. The average molecular weight is 339 g/mol. The van der Waals surface area contributed by atoms with Crippen molar-refractivity contribution in [1.29, 1.82) is 0 Å². The molecule has 23 heavy (non-hydrogen) atoms. The molecule has 0 N–H and O–H groups in total. The summed E-state index contributed by atoms with van der Waals surface area (Å²) in [5.74, 6) is 2.10. The van der Waals surface area contributed by atoms with Crippen LogP contribution in [0.2, 0.25) is 0 Å². The Morgan fingerprint density at radius 1 is 1.22 bits per heavy atom. The highest BCUT2D eigenvalue weighted by molar-refractivity contribution is 8.00. The predicted octanol–water partition coefficient (Wildman–Crippen LogP) is 3.09. The van der Waals surface area contributed by atoms with Crippen molar-refractivity contribution in [2.75, 3.05) is 39.7 Å². The fraction of sp³-hybridized carbons (Fsp3) is 0.588. The molecule has 0 radical (unpaired) electrons. The van der Waals surface area contributed by atoms with Gasteiger partial charge in [0.05, 0.1) is 20.0 Å². The minimum atomic E-state index is 0.0356. The van der Waals surface area contributed by atoms with E-state index in [2.05, 4.69) is 6.92 Å². The number of hydrogen-bond acceptors (Lipinski definition) is 5. The molecule has 2 rings (SSSR count). The van der Waals surface area contributed by atoms with Crippen molar-refractivity contribution in [3.05, 3.63) is 23.8 Å². The number of nitrogens with zero attached hydrogens (tertiary/aromatic N) is 1. The molecule has 0 saturated carbocycles. The molecule has 1 amide bonds. The van der Waals surface area contributed by atoms with Crippen LogP contribution in [0, 0.1) is 0 Å². The average Bonchev–Trinajstić information content (AvgIpc) is 2.95.